The van der Waals surface area contributed by atoms with Crippen LogP contribution in [0.2, 0.25) is 5.02 Å². The van der Waals surface area contributed by atoms with Gasteiger partial charge in [0.1, 0.15) is 12.4 Å². The average Bonchev–Trinajstić information content (AvgIpc) is 2.20. The zero-order chi connectivity index (χ0) is 11.3. The minimum atomic E-state index is 0.122. The highest BCUT2D eigenvalue weighted by Gasteiger charge is 2.04. The predicted octanol–water partition coefficient (Wildman–Crippen LogP) is 3.40. The van der Waals surface area contributed by atoms with Crippen LogP contribution in [-0.4, -0.2) is 12.4 Å². The Bertz CT molecular complexity index is 347. The van der Waals surface area contributed by atoms with Crippen molar-refractivity contribution in [3.63, 3.8) is 0 Å². The summed E-state index contributed by atoms with van der Waals surface area (Å²) in [6, 6.07) is 5.41. The Hall–Kier alpha value is -1.02. The van der Waals surface area contributed by atoms with Crippen LogP contribution in [0.3, 0.4) is 0 Å². The van der Waals surface area contributed by atoms with Gasteiger partial charge in [0.2, 0.25) is 0 Å². The highest BCUT2D eigenvalue weighted by atomic mass is 35.5. The zero-order valence-corrected chi connectivity index (χ0v) is 9.80. The number of halogens is 1. The van der Waals surface area contributed by atoms with E-state index in [2.05, 4.69) is 0 Å². The Balaban J connectivity index is 2.57. The van der Waals surface area contributed by atoms with Gasteiger partial charge in [0, 0.05) is 11.4 Å². The number of rotatable bonds is 5. The monoisotopic (exact) mass is 226 g/mol. The predicted molar refractivity (Wildman–Crippen MR) is 61.6 cm³/mol. The first-order valence-electron chi connectivity index (χ1n) is 5.04. The fraction of sp³-hybridized carbons (Fsp3) is 0.417. The fourth-order valence-corrected chi connectivity index (χ4v) is 1.40. The molecule has 0 saturated carbocycles. The summed E-state index contributed by atoms with van der Waals surface area (Å²) < 4.78 is 5.40. The molecular formula is C12H15ClO2. The van der Waals surface area contributed by atoms with Crippen LogP contribution in [0.1, 0.15) is 25.3 Å². The molecule has 2 nitrogen and oxygen atoms in total. The van der Waals surface area contributed by atoms with Crippen LogP contribution in [0.5, 0.6) is 5.75 Å². The minimum absolute atomic E-state index is 0.122. The van der Waals surface area contributed by atoms with Crippen LogP contribution in [0.25, 0.3) is 0 Å². The number of Topliss-reactive ketones (excluding diaryl/α,β-unsaturated/α-hetero) is 1. The zero-order valence-electron chi connectivity index (χ0n) is 9.05. The molecule has 15 heavy (non-hydrogen) atoms. The summed E-state index contributed by atoms with van der Waals surface area (Å²) in [6.07, 6.45) is 1.43. The van der Waals surface area contributed by atoms with E-state index in [4.69, 9.17) is 16.3 Å². The van der Waals surface area contributed by atoms with Crippen molar-refractivity contribution in [2.75, 3.05) is 6.61 Å². The molecular weight excluding hydrogens is 212 g/mol. The van der Waals surface area contributed by atoms with Crippen molar-refractivity contribution in [2.24, 2.45) is 0 Å². The first kappa shape index (κ1) is 12.1. The minimum Gasteiger partial charge on any atom is -0.486 e. The fourth-order valence-electron chi connectivity index (χ4n) is 1.24. The van der Waals surface area contributed by atoms with E-state index in [1.807, 2.05) is 19.9 Å². The molecule has 0 aliphatic rings. The van der Waals surface area contributed by atoms with Crippen LogP contribution >= 0.6 is 11.6 Å². The summed E-state index contributed by atoms with van der Waals surface area (Å²) in [5.41, 5.74) is 0.990. The van der Waals surface area contributed by atoms with Crippen LogP contribution in [0.15, 0.2) is 18.2 Å². The molecule has 0 radical (unpaired) electrons. The summed E-state index contributed by atoms with van der Waals surface area (Å²) in [5.74, 6) is 0.809. The van der Waals surface area contributed by atoms with Gasteiger partial charge >= 0.3 is 0 Å². The second-order valence-electron chi connectivity index (χ2n) is 3.49. The van der Waals surface area contributed by atoms with Gasteiger partial charge in [-0.25, -0.2) is 0 Å². The first-order chi connectivity index (χ1) is 7.13. The maximum Gasteiger partial charge on any atom is 0.170 e. The lowest BCUT2D eigenvalue weighted by Crippen LogP contribution is -2.11. The number of ether oxygens (including phenoxy) is 1. The van der Waals surface area contributed by atoms with Gasteiger partial charge in [-0.05, 0) is 31.0 Å². The molecule has 0 N–H and O–H groups in total. The Labute approximate surface area is 95.2 Å². The number of hydrogen-bond acceptors (Lipinski definition) is 2. The molecule has 82 valence electrons. The van der Waals surface area contributed by atoms with Crippen LogP contribution in [0, 0.1) is 6.92 Å². The lowest BCUT2D eigenvalue weighted by molar-refractivity contribution is -0.121. The maximum atomic E-state index is 11.3. The highest BCUT2D eigenvalue weighted by Crippen LogP contribution is 2.22. The van der Waals surface area contributed by atoms with Gasteiger partial charge in [-0.15, -0.1) is 0 Å². The molecule has 0 unspecified atom stereocenters. The van der Waals surface area contributed by atoms with E-state index in [-0.39, 0.29) is 12.4 Å². The van der Waals surface area contributed by atoms with Gasteiger partial charge in [-0.3, -0.25) is 4.79 Å². The SMILES string of the molecule is CCCC(=O)COc1cc(Cl)ccc1C. The lowest BCUT2D eigenvalue weighted by atomic mass is 10.2. The van der Waals surface area contributed by atoms with Crippen molar-refractivity contribution in [3.8, 4) is 5.75 Å². The molecule has 0 aromatic heterocycles. The molecule has 0 fully saturated rings. The number of carbonyl (C=O) groups excluding carboxylic acids is 1. The summed E-state index contributed by atoms with van der Waals surface area (Å²) in [4.78, 5) is 11.3. The van der Waals surface area contributed by atoms with Gasteiger partial charge in [0.15, 0.2) is 5.78 Å². The van der Waals surface area contributed by atoms with Gasteiger partial charge in [-0.2, -0.15) is 0 Å². The van der Waals surface area contributed by atoms with Crippen LogP contribution in [0.4, 0.5) is 0 Å². The first-order valence-corrected chi connectivity index (χ1v) is 5.42. The van der Waals surface area contributed by atoms with E-state index in [1.165, 1.54) is 0 Å². The molecule has 3 heteroatoms. The summed E-state index contributed by atoms with van der Waals surface area (Å²) in [7, 11) is 0. The maximum absolute atomic E-state index is 11.3. The quantitative estimate of drug-likeness (QED) is 0.769. The Morgan fingerprint density at radius 1 is 1.47 bits per heavy atom. The third kappa shape index (κ3) is 3.92. The van der Waals surface area contributed by atoms with E-state index in [9.17, 15) is 4.79 Å². The van der Waals surface area contributed by atoms with Gasteiger partial charge in [0.25, 0.3) is 0 Å². The Morgan fingerprint density at radius 2 is 2.20 bits per heavy atom. The molecule has 0 atom stereocenters. The molecule has 0 aliphatic carbocycles. The summed E-state index contributed by atoms with van der Waals surface area (Å²) in [5, 5.41) is 0.624. The molecule has 0 aliphatic heterocycles. The number of ketones is 1. The van der Waals surface area contributed by atoms with Crippen molar-refractivity contribution < 1.29 is 9.53 Å². The normalized spacial score (nSPS) is 10.1. The molecule has 0 bridgehead atoms. The van der Waals surface area contributed by atoms with Crippen molar-refractivity contribution in [1.82, 2.24) is 0 Å². The van der Waals surface area contributed by atoms with E-state index in [0.717, 1.165) is 12.0 Å². The number of hydrogen-bond donors (Lipinski definition) is 0. The van der Waals surface area contributed by atoms with Gasteiger partial charge < -0.3 is 4.74 Å². The highest BCUT2D eigenvalue weighted by molar-refractivity contribution is 6.30. The van der Waals surface area contributed by atoms with E-state index in [1.54, 1.807) is 12.1 Å². The van der Waals surface area contributed by atoms with Crippen molar-refractivity contribution >= 4 is 17.4 Å². The van der Waals surface area contributed by atoms with Crippen LogP contribution in [-0.2, 0) is 4.79 Å². The van der Waals surface area contributed by atoms with E-state index < -0.39 is 0 Å². The number of carbonyl (C=O) groups is 1. The molecule has 0 heterocycles. The van der Waals surface area contributed by atoms with E-state index in [0.29, 0.717) is 17.2 Å². The Kier molecular flexibility index (Phi) is 4.63. The van der Waals surface area contributed by atoms with Crippen molar-refractivity contribution in [1.29, 1.82) is 0 Å². The third-order valence-electron chi connectivity index (χ3n) is 2.07. The molecule has 0 spiro atoms. The second kappa shape index (κ2) is 5.76. The average molecular weight is 227 g/mol. The standard InChI is InChI=1S/C12H15ClO2/c1-3-4-11(14)8-15-12-7-10(13)6-5-9(12)2/h5-7H,3-4,8H2,1-2H3. The molecule has 0 saturated heterocycles. The summed E-state index contributed by atoms with van der Waals surface area (Å²) in [6.45, 7) is 4.04. The van der Waals surface area contributed by atoms with Gasteiger partial charge in [-0.1, -0.05) is 24.6 Å². The molecule has 1 aromatic rings. The van der Waals surface area contributed by atoms with Crippen molar-refractivity contribution in [3.05, 3.63) is 28.8 Å². The molecule has 1 aromatic carbocycles. The van der Waals surface area contributed by atoms with Crippen molar-refractivity contribution in [2.45, 2.75) is 26.7 Å². The van der Waals surface area contributed by atoms with Crippen LogP contribution < -0.4 is 4.74 Å². The van der Waals surface area contributed by atoms with Gasteiger partial charge in [0.05, 0.1) is 0 Å². The smallest absolute Gasteiger partial charge is 0.170 e. The van der Waals surface area contributed by atoms with E-state index >= 15 is 0 Å². The Morgan fingerprint density at radius 3 is 2.87 bits per heavy atom. The number of aryl methyl sites for hydroxylation is 1. The molecule has 1 rings (SSSR count). The third-order valence-corrected chi connectivity index (χ3v) is 2.30. The second-order valence-corrected chi connectivity index (χ2v) is 3.92. The topological polar surface area (TPSA) is 26.3 Å². The lowest BCUT2D eigenvalue weighted by Gasteiger charge is -2.08. The summed E-state index contributed by atoms with van der Waals surface area (Å²) >= 11 is 5.83. The number of benzene rings is 1. The molecule has 0 amide bonds. The largest absolute Gasteiger partial charge is 0.486 e.